The lowest BCUT2D eigenvalue weighted by Crippen LogP contribution is -2.50. The minimum Gasteiger partial charge on any atom is -0.370 e. The average molecular weight is 276 g/mol. The van der Waals surface area contributed by atoms with Crippen molar-refractivity contribution in [3.8, 4) is 0 Å². The molecule has 6 heteroatoms. The van der Waals surface area contributed by atoms with Crippen molar-refractivity contribution in [2.45, 2.75) is 13.3 Å². The molecule has 2 heterocycles. The highest BCUT2D eigenvalue weighted by Crippen LogP contribution is 2.10. The van der Waals surface area contributed by atoms with E-state index in [1.165, 1.54) is 0 Å². The summed E-state index contributed by atoms with van der Waals surface area (Å²) in [6.45, 7) is 4.22. The summed E-state index contributed by atoms with van der Waals surface area (Å²) in [5.74, 6) is 0.595. The van der Waals surface area contributed by atoms with Crippen molar-refractivity contribution in [3.05, 3.63) is 23.9 Å². The molecule has 2 rings (SSSR count). The first-order valence-corrected chi connectivity index (χ1v) is 6.85. The highest BCUT2D eigenvalue weighted by atomic mass is 16.2. The van der Waals surface area contributed by atoms with Crippen molar-refractivity contribution in [1.29, 1.82) is 0 Å². The number of amides is 2. The van der Waals surface area contributed by atoms with E-state index >= 15 is 0 Å². The highest BCUT2D eigenvalue weighted by molar-refractivity contribution is 5.96. The maximum Gasteiger partial charge on any atom is 0.255 e. The normalized spacial score (nSPS) is 15.4. The van der Waals surface area contributed by atoms with Gasteiger partial charge in [-0.1, -0.05) is 6.92 Å². The summed E-state index contributed by atoms with van der Waals surface area (Å²) in [6.07, 6.45) is 2.58. The van der Waals surface area contributed by atoms with Crippen LogP contribution in [0.4, 0.5) is 5.82 Å². The number of rotatable bonds is 4. The van der Waals surface area contributed by atoms with Gasteiger partial charge in [0.25, 0.3) is 5.91 Å². The summed E-state index contributed by atoms with van der Waals surface area (Å²) >= 11 is 0. The van der Waals surface area contributed by atoms with E-state index < -0.39 is 0 Å². The number of aromatic nitrogens is 1. The number of carbonyl (C=O) groups excluding carboxylic acids is 2. The number of nitrogens with one attached hydrogen (secondary N) is 1. The van der Waals surface area contributed by atoms with Crippen LogP contribution in [0.3, 0.4) is 0 Å². The molecule has 0 saturated carbocycles. The predicted molar refractivity (Wildman–Crippen MR) is 76.6 cm³/mol. The van der Waals surface area contributed by atoms with E-state index in [1.807, 2.05) is 0 Å². The van der Waals surface area contributed by atoms with Crippen LogP contribution in [0, 0.1) is 0 Å². The topological polar surface area (TPSA) is 65.5 Å². The van der Waals surface area contributed by atoms with Gasteiger partial charge in [-0.3, -0.25) is 9.59 Å². The molecular formula is C14H20N4O2. The molecule has 0 aromatic carbocycles. The maximum absolute atomic E-state index is 12.3. The van der Waals surface area contributed by atoms with Crippen LogP contribution in [0.2, 0.25) is 0 Å². The van der Waals surface area contributed by atoms with Gasteiger partial charge in [0.1, 0.15) is 12.4 Å². The van der Waals surface area contributed by atoms with Crippen LogP contribution in [-0.4, -0.2) is 59.8 Å². The first kappa shape index (κ1) is 14.3. The number of anilines is 1. The molecule has 1 aromatic rings. The van der Waals surface area contributed by atoms with Gasteiger partial charge in [0.05, 0.1) is 5.56 Å². The lowest BCUT2D eigenvalue weighted by Gasteiger charge is -2.31. The third-order valence-electron chi connectivity index (χ3n) is 3.31. The van der Waals surface area contributed by atoms with Gasteiger partial charge in [0.15, 0.2) is 0 Å². The van der Waals surface area contributed by atoms with Gasteiger partial charge in [0, 0.05) is 32.9 Å². The quantitative estimate of drug-likeness (QED) is 0.884. The number of carbonyl (C=O) groups is 2. The molecule has 0 spiro atoms. The minimum atomic E-state index is -0.138. The zero-order chi connectivity index (χ0) is 14.5. The molecule has 1 aromatic heterocycles. The van der Waals surface area contributed by atoms with Crippen LogP contribution in [0.15, 0.2) is 18.3 Å². The number of pyridine rings is 1. The van der Waals surface area contributed by atoms with E-state index in [9.17, 15) is 9.59 Å². The fourth-order valence-corrected chi connectivity index (χ4v) is 1.99. The smallest absolute Gasteiger partial charge is 0.255 e. The predicted octanol–water partition coefficient (Wildman–Crippen LogP) is 0.818. The van der Waals surface area contributed by atoms with Gasteiger partial charge in [-0.25, -0.2) is 4.98 Å². The molecule has 20 heavy (non-hydrogen) atoms. The van der Waals surface area contributed by atoms with Crippen LogP contribution in [0.1, 0.15) is 23.7 Å². The molecule has 0 atom stereocenters. The summed E-state index contributed by atoms with van der Waals surface area (Å²) in [5.41, 5.74) is 0.518. The van der Waals surface area contributed by atoms with Crippen molar-refractivity contribution in [2.75, 3.05) is 38.5 Å². The van der Waals surface area contributed by atoms with E-state index in [1.54, 1.807) is 35.2 Å². The minimum absolute atomic E-state index is 0.0289. The lowest BCUT2D eigenvalue weighted by molar-refractivity contribution is -0.133. The molecule has 1 fully saturated rings. The Kier molecular flexibility index (Phi) is 4.55. The Balaban J connectivity index is 2.00. The van der Waals surface area contributed by atoms with E-state index in [4.69, 9.17) is 0 Å². The summed E-state index contributed by atoms with van der Waals surface area (Å²) in [7, 11) is 1.75. The summed E-state index contributed by atoms with van der Waals surface area (Å²) in [6, 6.07) is 3.54. The van der Waals surface area contributed by atoms with E-state index in [0.29, 0.717) is 18.7 Å². The lowest BCUT2D eigenvalue weighted by atomic mass is 10.2. The molecule has 6 nitrogen and oxygen atoms in total. The van der Waals surface area contributed by atoms with E-state index in [0.717, 1.165) is 18.8 Å². The Morgan fingerprint density at radius 1 is 1.40 bits per heavy atom. The van der Waals surface area contributed by atoms with Gasteiger partial charge in [-0.05, 0) is 18.6 Å². The fraction of sp³-hybridized carbons (Fsp3) is 0.500. The number of piperazine rings is 1. The van der Waals surface area contributed by atoms with Crippen LogP contribution in [0.25, 0.3) is 0 Å². The Hall–Kier alpha value is -2.11. The first-order valence-electron chi connectivity index (χ1n) is 6.85. The van der Waals surface area contributed by atoms with E-state index in [2.05, 4.69) is 17.2 Å². The average Bonchev–Trinajstić information content (AvgIpc) is 2.48. The molecule has 0 bridgehead atoms. The maximum atomic E-state index is 12.3. The van der Waals surface area contributed by atoms with Crippen molar-refractivity contribution in [2.24, 2.45) is 0 Å². The monoisotopic (exact) mass is 276 g/mol. The van der Waals surface area contributed by atoms with Gasteiger partial charge in [0.2, 0.25) is 5.91 Å². The molecule has 1 aliphatic rings. The number of likely N-dealkylation sites (N-methyl/N-ethyl adjacent to an activating group) is 1. The van der Waals surface area contributed by atoms with Crippen molar-refractivity contribution < 1.29 is 9.59 Å². The Morgan fingerprint density at radius 3 is 2.80 bits per heavy atom. The number of hydrogen-bond donors (Lipinski definition) is 1. The third-order valence-corrected chi connectivity index (χ3v) is 3.31. The van der Waals surface area contributed by atoms with Crippen molar-refractivity contribution in [3.63, 3.8) is 0 Å². The molecule has 108 valence electrons. The zero-order valence-electron chi connectivity index (χ0n) is 11.9. The molecule has 0 unspecified atom stereocenters. The Bertz CT molecular complexity index is 486. The Labute approximate surface area is 118 Å². The van der Waals surface area contributed by atoms with Gasteiger partial charge in [-0.15, -0.1) is 0 Å². The first-order chi connectivity index (χ1) is 9.61. The second-order valence-electron chi connectivity index (χ2n) is 4.90. The van der Waals surface area contributed by atoms with Crippen molar-refractivity contribution >= 4 is 17.6 Å². The molecular weight excluding hydrogens is 256 g/mol. The van der Waals surface area contributed by atoms with Crippen LogP contribution >= 0.6 is 0 Å². The largest absolute Gasteiger partial charge is 0.370 e. The molecule has 1 N–H and O–H groups in total. The standard InChI is InChI=1S/C14H20N4O2/c1-3-6-15-12-5-4-11(9-16-12)14(20)18-8-7-17(2)13(19)10-18/h4-5,9H,3,6-8,10H2,1-2H3,(H,15,16). The van der Waals surface area contributed by atoms with E-state index in [-0.39, 0.29) is 18.4 Å². The SMILES string of the molecule is CCCNc1ccc(C(=O)N2CCN(C)C(=O)C2)cn1. The molecule has 0 aliphatic carbocycles. The van der Waals surface area contributed by atoms with Gasteiger partial charge < -0.3 is 15.1 Å². The molecule has 1 saturated heterocycles. The van der Waals surface area contributed by atoms with Gasteiger partial charge in [-0.2, -0.15) is 0 Å². The van der Waals surface area contributed by atoms with Crippen LogP contribution in [-0.2, 0) is 4.79 Å². The molecule has 1 aliphatic heterocycles. The Morgan fingerprint density at radius 2 is 2.20 bits per heavy atom. The van der Waals surface area contributed by atoms with Gasteiger partial charge >= 0.3 is 0 Å². The highest BCUT2D eigenvalue weighted by Gasteiger charge is 2.25. The summed E-state index contributed by atoms with van der Waals surface area (Å²) < 4.78 is 0. The zero-order valence-corrected chi connectivity index (χ0v) is 11.9. The third kappa shape index (κ3) is 3.26. The molecule has 2 amide bonds. The number of hydrogen-bond acceptors (Lipinski definition) is 4. The molecule has 0 radical (unpaired) electrons. The van der Waals surface area contributed by atoms with Crippen molar-refractivity contribution in [1.82, 2.24) is 14.8 Å². The van der Waals surface area contributed by atoms with Crippen LogP contribution in [0.5, 0.6) is 0 Å². The fourth-order valence-electron chi connectivity index (χ4n) is 1.99. The van der Waals surface area contributed by atoms with Crippen LogP contribution < -0.4 is 5.32 Å². The number of nitrogens with zero attached hydrogens (tertiary/aromatic N) is 3. The summed E-state index contributed by atoms with van der Waals surface area (Å²) in [5, 5.41) is 3.16. The second-order valence-corrected chi connectivity index (χ2v) is 4.90. The summed E-state index contributed by atoms with van der Waals surface area (Å²) in [4.78, 5) is 31.3. The second kappa shape index (κ2) is 6.36.